The lowest BCUT2D eigenvalue weighted by Crippen LogP contribution is -2.32. The van der Waals surface area contributed by atoms with Crippen LogP contribution in [0.3, 0.4) is 0 Å². The quantitative estimate of drug-likeness (QED) is 0.631. The molecule has 1 atom stereocenters. The van der Waals surface area contributed by atoms with E-state index in [-0.39, 0.29) is 11.9 Å². The van der Waals surface area contributed by atoms with Gasteiger partial charge in [-0.25, -0.2) is 4.98 Å². The molecule has 0 N–H and O–H groups in total. The highest BCUT2D eigenvalue weighted by molar-refractivity contribution is 7.13. The molecule has 1 amide bonds. The number of carbonyl (C=O) groups excluding carboxylic acids is 1. The Morgan fingerprint density at radius 2 is 1.97 bits per heavy atom. The van der Waals surface area contributed by atoms with Gasteiger partial charge in [0.25, 0.3) is 5.91 Å². The van der Waals surface area contributed by atoms with E-state index in [4.69, 9.17) is 4.74 Å². The molecule has 0 saturated carbocycles. The SMILES string of the molecule is COc1ccc(-c2nc(C(=O)N3CCCC3c3nnc4n3CCCCC4)cs2)cc1. The van der Waals surface area contributed by atoms with E-state index >= 15 is 0 Å². The van der Waals surface area contributed by atoms with Crippen LogP contribution in [0.15, 0.2) is 29.6 Å². The Morgan fingerprint density at radius 3 is 2.80 bits per heavy atom. The van der Waals surface area contributed by atoms with Crippen LogP contribution < -0.4 is 4.74 Å². The minimum atomic E-state index is -0.0144. The van der Waals surface area contributed by atoms with Crippen LogP contribution in [0.1, 0.15) is 60.3 Å². The lowest BCUT2D eigenvalue weighted by molar-refractivity contribution is 0.0722. The number of nitrogens with zero attached hydrogens (tertiary/aromatic N) is 5. The predicted molar refractivity (Wildman–Crippen MR) is 115 cm³/mol. The molecule has 1 unspecified atom stereocenters. The van der Waals surface area contributed by atoms with Crippen LogP contribution in [0.2, 0.25) is 0 Å². The zero-order valence-electron chi connectivity index (χ0n) is 17.1. The first kappa shape index (κ1) is 19.2. The van der Waals surface area contributed by atoms with Gasteiger partial charge in [0.05, 0.1) is 13.2 Å². The topological polar surface area (TPSA) is 73.1 Å². The number of aromatic nitrogens is 4. The summed E-state index contributed by atoms with van der Waals surface area (Å²) in [6, 6.07) is 7.74. The summed E-state index contributed by atoms with van der Waals surface area (Å²) in [6.07, 6.45) is 6.43. The third-order valence-corrected chi connectivity index (χ3v) is 6.90. The smallest absolute Gasteiger partial charge is 0.273 e. The summed E-state index contributed by atoms with van der Waals surface area (Å²) in [7, 11) is 1.65. The maximum absolute atomic E-state index is 13.3. The summed E-state index contributed by atoms with van der Waals surface area (Å²) in [5, 5.41) is 11.6. The Kier molecular flexibility index (Phi) is 5.25. The van der Waals surface area contributed by atoms with Gasteiger partial charge in [0.15, 0.2) is 5.82 Å². The number of methoxy groups -OCH3 is 1. The Labute approximate surface area is 179 Å². The maximum Gasteiger partial charge on any atom is 0.273 e. The highest BCUT2D eigenvalue weighted by Gasteiger charge is 2.35. The molecule has 2 aliphatic rings. The number of carbonyl (C=O) groups is 1. The van der Waals surface area contributed by atoms with Crippen LogP contribution in [0, 0.1) is 0 Å². The normalized spacial score (nSPS) is 18.8. The zero-order valence-corrected chi connectivity index (χ0v) is 17.9. The molecule has 5 rings (SSSR count). The third kappa shape index (κ3) is 3.49. The lowest BCUT2D eigenvalue weighted by atomic mass is 10.2. The van der Waals surface area contributed by atoms with Gasteiger partial charge < -0.3 is 14.2 Å². The first-order valence-electron chi connectivity index (χ1n) is 10.6. The first-order chi connectivity index (χ1) is 14.7. The van der Waals surface area contributed by atoms with Crippen molar-refractivity contribution in [1.29, 1.82) is 0 Å². The Hall–Kier alpha value is -2.74. The molecule has 7 nitrogen and oxygen atoms in total. The van der Waals surface area contributed by atoms with Gasteiger partial charge in [0.2, 0.25) is 0 Å². The number of rotatable bonds is 4. The Bertz CT molecular complexity index is 1040. The molecule has 0 bridgehead atoms. The largest absolute Gasteiger partial charge is 0.497 e. The van der Waals surface area contributed by atoms with Crippen LogP contribution in [0.5, 0.6) is 5.75 Å². The van der Waals surface area contributed by atoms with E-state index in [9.17, 15) is 4.79 Å². The molecular formula is C22H25N5O2S. The molecule has 2 aliphatic heterocycles. The number of likely N-dealkylation sites (tertiary alicyclic amines) is 1. The molecule has 3 aromatic rings. The predicted octanol–water partition coefficient (Wildman–Crippen LogP) is 4.11. The number of amides is 1. The summed E-state index contributed by atoms with van der Waals surface area (Å²) in [6.45, 7) is 1.69. The summed E-state index contributed by atoms with van der Waals surface area (Å²) >= 11 is 1.49. The zero-order chi connectivity index (χ0) is 20.5. The second kappa shape index (κ2) is 8.18. The van der Waals surface area contributed by atoms with E-state index in [0.29, 0.717) is 5.69 Å². The molecule has 2 aromatic heterocycles. The van der Waals surface area contributed by atoms with Crippen molar-refractivity contribution < 1.29 is 9.53 Å². The van der Waals surface area contributed by atoms with Gasteiger partial charge in [-0.3, -0.25) is 4.79 Å². The van der Waals surface area contributed by atoms with Gasteiger partial charge in [-0.1, -0.05) is 6.42 Å². The highest BCUT2D eigenvalue weighted by Crippen LogP contribution is 2.34. The average Bonchev–Trinajstić information content (AvgIpc) is 3.50. The number of fused-ring (bicyclic) bond motifs is 1. The maximum atomic E-state index is 13.3. The second-order valence-corrected chi connectivity index (χ2v) is 8.72. The molecule has 1 saturated heterocycles. The standard InChI is InChI=1S/C22H25N5O2S/c1-29-16-10-8-15(9-11-16)21-23-17(14-30-21)22(28)26-13-5-6-18(26)20-25-24-19-7-3-2-4-12-27(19)20/h8-11,14,18H,2-7,12-13H2,1H3. The molecule has 0 spiro atoms. The van der Waals surface area contributed by atoms with Crippen molar-refractivity contribution in [2.45, 2.75) is 51.1 Å². The van der Waals surface area contributed by atoms with E-state index in [1.54, 1.807) is 7.11 Å². The third-order valence-electron chi connectivity index (χ3n) is 6.01. The van der Waals surface area contributed by atoms with Crippen molar-refractivity contribution in [2.24, 2.45) is 0 Å². The fourth-order valence-corrected chi connectivity index (χ4v) is 5.22. The van der Waals surface area contributed by atoms with Gasteiger partial charge in [0.1, 0.15) is 22.3 Å². The lowest BCUT2D eigenvalue weighted by Gasteiger charge is -2.24. The van der Waals surface area contributed by atoms with E-state index in [1.165, 1.54) is 24.2 Å². The number of benzene rings is 1. The average molecular weight is 424 g/mol. The van der Waals surface area contributed by atoms with Crippen molar-refractivity contribution in [3.63, 3.8) is 0 Å². The van der Waals surface area contributed by atoms with Crippen LogP contribution in [0.4, 0.5) is 0 Å². The van der Waals surface area contributed by atoms with Gasteiger partial charge in [-0.15, -0.1) is 21.5 Å². The Morgan fingerprint density at radius 1 is 1.10 bits per heavy atom. The van der Waals surface area contributed by atoms with Gasteiger partial charge >= 0.3 is 0 Å². The number of hydrogen-bond acceptors (Lipinski definition) is 6. The summed E-state index contributed by atoms with van der Waals surface area (Å²) in [4.78, 5) is 19.9. The van der Waals surface area contributed by atoms with Crippen molar-refractivity contribution in [1.82, 2.24) is 24.6 Å². The highest BCUT2D eigenvalue weighted by atomic mass is 32.1. The molecule has 0 radical (unpaired) electrons. The van der Waals surface area contributed by atoms with Gasteiger partial charge in [-0.05, 0) is 49.9 Å². The fourth-order valence-electron chi connectivity index (χ4n) is 4.42. The van der Waals surface area contributed by atoms with Crippen LogP contribution in [0.25, 0.3) is 10.6 Å². The van der Waals surface area contributed by atoms with E-state index < -0.39 is 0 Å². The van der Waals surface area contributed by atoms with E-state index in [2.05, 4.69) is 19.7 Å². The fraction of sp³-hybridized carbons (Fsp3) is 0.455. The monoisotopic (exact) mass is 423 g/mol. The molecule has 0 aliphatic carbocycles. The number of hydrogen-bond donors (Lipinski definition) is 0. The molecule has 30 heavy (non-hydrogen) atoms. The van der Waals surface area contributed by atoms with Crippen molar-refractivity contribution in [3.05, 3.63) is 47.0 Å². The second-order valence-electron chi connectivity index (χ2n) is 7.86. The van der Waals surface area contributed by atoms with Gasteiger partial charge in [-0.2, -0.15) is 0 Å². The van der Waals surface area contributed by atoms with Crippen molar-refractivity contribution in [2.75, 3.05) is 13.7 Å². The molecule has 4 heterocycles. The first-order valence-corrected chi connectivity index (χ1v) is 11.5. The molecule has 8 heteroatoms. The van der Waals surface area contributed by atoms with Crippen molar-refractivity contribution >= 4 is 17.2 Å². The Balaban J connectivity index is 1.38. The minimum Gasteiger partial charge on any atom is -0.497 e. The van der Waals surface area contributed by atoms with E-state index in [0.717, 1.165) is 66.7 Å². The van der Waals surface area contributed by atoms with Crippen molar-refractivity contribution in [3.8, 4) is 16.3 Å². The number of aryl methyl sites for hydroxylation is 1. The summed E-state index contributed by atoms with van der Waals surface area (Å²) in [5.74, 6) is 2.80. The van der Waals surface area contributed by atoms with Crippen LogP contribution >= 0.6 is 11.3 Å². The van der Waals surface area contributed by atoms with Gasteiger partial charge in [0, 0.05) is 30.5 Å². The molecule has 156 valence electrons. The number of ether oxygens (including phenoxy) is 1. The minimum absolute atomic E-state index is 0.0111. The van der Waals surface area contributed by atoms with Crippen LogP contribution in [-0.4, -0.2) is 44.2 Å². The van der Waals surface area contributed by atoms with E-state index in [1.807, 2.05) is 34.5 Å². The summed E-state index contributed by atoms with van der Waals surface area (Å²) < 4.78 is 7.48. The molecular weight excluding hydrogens is 398 g/mol. The molecule has 1 aromatic carbocycles. The molecule has 1 fully saturated rings. The van der Waals surface area contributed by atoms with Crippen LogP contribution in [-0.2, 0) is 13.0 Å². The number of thiazole rings is 1. The summed E-state index contributed by atoms with van der Waals surface area (Å²) in [5.41, 5.74) is 1.49.